The minimum absolute atomic E-state index is 0.00708. The highest BCUT2D eigenvalue weighted by Gasteiger charge is 2.26. The summed E-state index contributed by atoms with van der Waals surface area (Å²) in [6.07, 6.45) is 0.879. The highest BCUT2D eigenvalue weighted by molar-refractivity contribution is 5.95. The Morgan fingerprint density at radius 3 is 2.94 bits per heavy atom. The van der Waals surface area contributed by atoms with E-state index in [4.69, 9.17) is 10.8 Å². The molecule has 0 radical (unpaired) electrons. The average molecular weight is 234 g/mol. The van der Waals surface area contributed by atoms with Crippen molar-refractivity contribution in [2.45, 2.75) is 13.3 Å². The van der Waals surface area contributed by atoms with E-state index in [1.54, 1.807) is 17.0 Å². The molecule has 0 saturated carbocycles. The van der Waals surface area contributed by atoms with Gasteiger partial charge in [-0.25, -0.2) is 0 Å². The number of hydrogen-bond acceptors (Lipinski definition) is 3. The molecular weight excluding hydrogens is 216 g/mol. The van der Waals surface area contributed by atoms with Gasteiger partial charge in [0.2, 0.25) is 0 Å². The molecule has 0 spiro atoms. The number of hydrogen-bond donors (Lipinski definition) is 2. The molecule has 4 nitrogen and oxygen atoms in total. The maximum absolute atomic E-state index is 12.2. The number of nitrogens with zero attached hydrogens (tertiary/aromatic N) is 1. The summed E-state index contributed by atoms with van der Waals surface area (Å²) in [6, 6.07) is 5.40. The summed E-state index contributed by atoms with van der Waals surface area (Å²) >= 11 is 0. The Labute approximate surface area is 101 Å². The molecule has 4 heteroatoms. The minimum Gasteiger partial charge on any atom is -0.398 e. The summed E-state index contributed by atoms with van der Waals surface area (Å²) in [4.78, 5) is 13.9. The number of likely N-dealkylation sites (tertiary alicyclic amines) is 1. The van der Waals surface area contributed by atoms with Gasteiger partial charge in [0.25, 0.3) is 5.91 Å². The number of aryl methyl sites for hydroxylation is 1. The lowest BCUT2D eigenvalue weighted by molar-refractivity contribution is 0.0782. The largest absolute Gasteiger partial charge is 0.398 e. The van der Waals surface area contributed by atoms with E-state index in [0.717, 1.165) is 18.5 Å². The lowest BCUT2D eigenvalue weighted by Crippen LogP contribution is -2.29. The van der Waals surface area contributed by atoms with Gasteiger partial charge in [0.05, 0.1) is 0 Å². The SMILES string of the molecule is Cc1ccc(C(=O)N2CCC(CO)C2)cc1N. The molecule has 0 aromatic heterocycles. The fourth-order valence-electron chi connectivity index (χ4n) is 2.12. The van der Waals surface area contributed by atoms with Crippen LogP contribution in [0.2, 0.25) is 0 Å². The second-order valence-corrected chi connectivity index (χ2v) is 4.66. The van der Waals surface area contributed by atoms with Crippen LogP contribution in [0.1, 0.15) is 22.3 Å². The van der Waals surface area contributed by atoms with Gasteiger partial charge in [0, 0.05) is 36.9 Å². The van der Waals surface area contributed by atoms with Crippen molar-refractivity contribution in [1.29, 1.82) is 0 Å². The van der Waals surface area contributed by atoms with Crippen molar-refractivity contribution in [1.82, 2.24) is 4.90 Å². The molecule has 1 saturated heterocycles. The van der Waals surface area contributed by atoms with Crippen LogP contribution >= 0.6 is 0 Å². The summed E-state index contributed by atoms with van der Waals surface area (Å²) in [7, 11) is 0. The summed E-state index contributed by atoms with van der Waals surface area (Å²) in [5.41, 5.74) is 8.06. The van der Waals surface area contributed by atoms with E-state index < -0.39 is 0 Å². The molecule has 2 rings (SSSR count). The predicted molar refractivity (Wildman–Crippen MR) is 66.7 cm³/mol. The molecule has 1 aromatic rings. The Morgan fingerprint density at radius 1 is 1.59 bits per heavy atom. The summed E-state index contributed by atoms with van der Waals surface area (Å²) < 4.78 is 0. The standard InChI is InChI=1S/C13H18N2O2/c1-9-2-3-11(6-12(9)14)13(17)15-5-4-10(7-15)8-16/h2-3,6,10,16H,4-5,7-8,14H2,1H3. The zero-order valence-corrected chi connectivity index (χ0v) is 10.0. The molecule has 1 atom stereocenters. The van der Waals surface area contributed by atoms with Crippen LogP contribution in [0.25, 0.3) is 0 Å². The minimum atomic E-state index is 0.00708. The Kier molecular flexibility index (Phi) is 3.33. The molecule has 1 amide bonds. The van der Waals surface area contributed by atoms with E-state index in [1.165, 1.54) is 0 Å². The highest BCUT2D eigenvalue weighted by Crippen LogP contribution is 2.20. The van der Waals surface area contributed by atoms with Crippen LogP contribution in [0.15, 0.2) is 18.2 Å². The molecular formula is C13H18N2O2. The van der Waals surface area contributed by atoms with Gasteiger partial charge in [0.1, 0.15) is 0 Å². The highest BCUT2D eigenvalue weighted by atomic mass is 16.3. The lowest BCUT2D eigenvalue weighted by Gasteiger charge is -2.16. The molecule has 1 aliphatic heterocycles. The third-order valence-electron chi connectivity index (χ3n) is 3.36. The molecule has 1 aliphatic rings. The normalized spacial score (nSPS) is 19.6. The van der Waals surface area contributed by atoms with E-state index in [-0.39, 0.29) is 18.4 Å². The average Bonchev–Trinajstić information content (AvgIpc) is 2.80. The third-order valence-corrected chi connectivity index (χ3v) is 3.36. The van der Waals surface area contributed by atoms with Crippen LogP contribution in [0.4, 0.5) is 5.69 Å². The number of rotatable bonds is 2. The Bertz CT molecular complexity index is 431. The molecule has 1 unspecified atom stereocenters. The number of carbonyl (C=O) groups excluding carboxylic acids is 1. The summed E-state index contributed by atoms with van der Waals surface area (Å²) in [6.45, 7) is 3.43. The summed E-state index contributed by atoms with van der Waals surface area (Å²) in [5.74, 6) is 0.231. The molecule has 17 heavy (non-hydrogen) atoms. The first kappa shape index (κ1) is 11.9. The first-order valence-corrected chi connectivity index (χ1v) is 5.88. The van der Waals surface area contributed by atoms with Crippen molar-refractivity contribution in [3.8, 4) is 0 Å². The molecule has 1 aromatic carbocycles. The lowest BCUT2D eigenvalue weighted by atomic mass is 10.1. The van der Waals surface area contributed by atoms with Gasteiger partial charge in [-0.2, -0.15) is 0 Å². The van der Waals surface area contributed by atoms with E-state index in [0.29, 0.717) is 17.8 Å². The fraction of sp³-hybridized carbons (Fsp3) is 0.462. The van der Waals surface area contributed by atoms with Gasteiger partial charge in [-0.15, -0.1) is 0 Å². The smallest absolute Gasteiger partial charge is 0.253 e. The maximum atomic E-state index is 12.2. The van der Waals surface area contributed by atoms with Gasteiger partial charge >= 0.3 is 0 Å². The number of aliphatic hydroxyl groups is 1. The van der Waals surface area contributed by atoms with Crippen LogP contribution in [0, 0.1) is 12.8 Å². The van der Waals surface area contributed by atoms with Crippen LogP contribution in [0.3, 0.4) is 0 Å². The van der Waals surface area contributed by atoms with E-state index in [1.807, 2.05) is 13.0 Å². The Morgan fingerprint density at radius 2 is 2.35 bits per heavy atom. The topological polar surface area (TPSA) is 66.6 Å². The van der Waals surface area contributed by atoms with Crippen LogP contribution in [-0.4, -0.2) is 35.6 Å². The first-order valence-electron chi connectivity index (χ1n) is 5.88. The number of carbonyl (C=O) groups is 1. The van der Waals surface area contributed by atoms with Crippen molar-refractivity contribution < 1.29 is 9.90 Å². The molecule has 0 aliphatic carbocycles. The van der Waals surface area contributed by atoms with Gasteiger partial charge in [-0.05, 0) is 31.0 Å². The number of aliphatic hydroxyl groups excluding tert-OH is 1. The van der Waals surface area contributed by atoms with Crippen molar-refractivity contribution in [2.75, 3.05) is 25.4 Å². The zero-order chi connectivity index (χ0) is 12.4. The van der Waals surface area contributed by atoms with Crippen LogP contribution < -0.4 is 5.73 Å². The second-order valence-electron chi connectivity index (χ2n) is 4.66. The quantitative estimate of drug-likeness (QED) is 0.751. The van der Waals surface area contributed by atoms with Crippen molar-refractivity contribution in [2.24, 2.45) is 5.92 Å². The fourth-order valence-corrected chi connectivity index (χ4v) is 2.12. The van der Waals surface area contributed by atoms with Gasteiger partial charge in [-0.3, -0.25) is 4.79 Å². The van der Waals surface area contributed by atoms with Gasteiger partial charge in [0.15, 0.2) is 0 Å². The van der Waals surface area contributed by atoms with Crippen molar-refractivity contribution >= 4 is 11.6 Å². The molecule has 1 fully saturated rings. The van der Waals surface area contributed by atoms with E-state index in [2.05, 4.69) is 0 Å². The Hall–Kier alpha value is -1.55. The zero-order valence-electron chi connectivity index (χ0n) is 10.0. The second kappa shape index (κ2) is 4.75. The summed E-state index contributed by atoms with van der Waals surface area (Å²) in [5, 5.41) is 9.06. The third kappa shape index (κ3) is 2.42. The maximum Gasteiger partial charge on any atom is 0.253 e. The van der Waals surface area contributed by atoms with Gasteiger partial charge < -0.3 is 15.7 Å². The van der Waals surface area contributed by atoms with E-state index >= 15 is 0 Å². The van der Waals surface area contributed by atoms with Crippen molar-refractivity contribution in [3.63, 3.8) is 0 Å². The van der Waals surface area contributed by atoms with Crippen LogP contribution in [-0.2, 0) is 0 Å². The number of benzene rings is 1. The predicted octanol–water partition coefficient (Wildman–Crippen LogP) is 1.03. The Balaban J connectivity index is 2.12. The monoisotopic (exact) mass is 234 g/mol. The van der Waals surface area contributed by atoms with Crippen LogP contribution in [0.5, 0.6) is 0 Å². The number of amides is 1. The molecule has 3 N–H and O–H groups in total. The number of nitrogens with two attached hydrogens (primary N) is 1. The molecule has 1 heterocycles. The molecule has 92 valence electrons. The van der Waals surface area contributed by atoms with Crippen molar-refractivity contribution in [3.05, 3.63) is 29.3 Å². The number of nitrogen functional groups attached to an aromatic ring is 1. The number of anilines is 1. The first-order chi connectivity index (χ1) is 8.11. The van der Waals surface area contributed by atoms with Gasteiger partial charge in [-0.1, -0.05) is 6.07 Å². The molecule has 0 bridgehead atoms. The van der Waals surface area contributed by atoms with E-state index in [9.17, 15) is 4.79 Å².